The molecule has 1 aliphatic rings. The standard InChI is InChI=1S/C35H34N2O5/c1-23(31(38)27-19-11-5-12-20-27)33(40)36-29(25-15-7-3-8-16-25)30(26-17-9-4-10-18-26)37(35(36)42)34(41)24(2)32(39)28-21-13-6-14-22-28/h3-24,29-32,38-39H,1-2H3/t23-,24-,29-,30+,31-,32-/m0/s1. The van der Waals surface area contributed by atoms with Crippen LogP contribution < -0.4 is 0 Å². The Balaban J connectivity index is 1.60. The van der Waals surface area contributed by atoms with Crippen LogP contribution >= 0.6 is 0 Å². The van der Waals surface area contributed by atoms with Gasteiger partial charge in [0.05, 0.1) is 36.1 Å². The number of nitrogens with zero attached hydrogens (tertiary/aromatic N) is 2. The summed E-state index contributed by atoms with van der Waals surface area (Å²) in [5.74, 6) is -3.17. The van der Waals surface area contributed by atoms with Gasteiger partial charge < -0.3 is 10.2 Å². The van der Waals surface area contributed by atoms with Gasteiger partial charge in [-0.15, -0.1) is 0 Å². The summed E-state index contributed by atoms with van der Waals surface area (Å²) in [7, 11) is 0. The summed E-state index contributed by atoms with van der Waals surface area (Å²) in [6.07, 6.45) is -2.33. The van der Waals surface area contributed by atoms with E-state index in [-0.39, 0.29) is 0 Å². The van der Waals surface area contributed by atoms with Gasteiger partial charge in [-0.25, -0.2) is 4.79 Å². The fourth-order valence-electron chi connectivity index (χ4n) is 5.65. The molecule has 214 valence electrons. The van der Waals surface area contributed by atoms with Crippen molar-refractivity contribution in [3.05, 3.63) is 144 Å². The topological polar surface area (TPSA) is 98.2 Å². The van der Waals surface area contributed by atoms with Crippen LogP contribution in [0.3, 0.4) is 0 Å². The minimum Gasteiger partial charge on any atom is -0.388 e. The Morgan fingerprint density at radius 1 is 0.548 bits per heavy atom. The van der Waals surface area contributed by atoms with Crippen molar-refractivity contribution in [2.45, 2.75) is 38.1 Å². The van der Waals surface area contributed by atoms with Gasteiger partial charge in [-0.2, -0.15) is 0 Å². The zero-order valence-electron chi connectivity index (χ0n) is 23.5. The first-order valence-corrected chi connectivity index (χ1v) is 14.1. The molecule has 1 saturated heterocycles. The zero-order valence-corrected chi connectivity index (χ0v) is 23.5. The largest absolute Gasteiger partial charge is 0.388 e. The summed E-state index contributed by atoms with van der Waals surface area (Å²) in [6, 6.07) is 33.4. The van der Waals surface area contributed by atoms with E-state index in [1.807, 2.05) is 72.8 Å². The van der Waals surface area contributed by atoms with Crippen LogP contribution in [0.5, 0.6) is 0 Å². The molecule has 7 heteroatoms. The van der Waals surface area contributed by atoms with Gasteiger partial charge in [0.25, 0.3) is 0 Å². The van der Waals surface area contributed by atoms with Gasteiger partial charge in [0.1, 0.15) is 0 Å². The zero-order chi connectivity index (χ0) is 29.8. The smallest absolute Gasteiger partial charge is 0.334 e. The lowest BCUT2D eigenvalue weighted by molar-refractivity contribution is -0.137. The minimum absolute atomic E-state index is 0.549. The number of carbonyl (C=O) groups is 3. The van der Waals surface area contributed by atoms with Gasteiger partial charge in [0.2, 0.25) is 11.8 Å². The number of hydrogen-bond donors (Lipinski definition) is 2. The van der Waals surface area contributed by atoms with Crippen LogP contribution in [-0.4, -0.2) is 37.9 Å². The molecule has 0 unspecified atom stereocenters. The van der Waals surface area contributed by atoms with Gasteiger partial charge in [-0.3, -0.25) is 19.4 Å². The highest BCUT2D eigenvalue weighted by Gasteiger charge is 2.54. The van der Waals surface area contributed by atoms with Crippen molar-refractivity contribution >= 4 is 17.8 Å². The second-order valence-electron chi connectivity index (χ2n) is 10.7. The molecular formula is C35H34N2O5. The number of aliphatic hydroxyl groups is 2. The average Bonchev–Trinajstić information content (AvgIpc) is 3.36. The first kappa shape index (κ1) is 28.9. The number of hydrogen-bond acceptors (Lipinski definition) is 5. The third-order valence-electron chi connectivity index (χ3n) is 8.03. The van der Waals surface area contributed by atoms with Gasteiger partial charge in [-0.05, 0) is 22.3 Å². The van der Waals surface area contributed by atoms with Crippen LogP contribution in [0.4, 0.5) is 4.79 Å². The van der Waals surface area contributed by atoms with E-state index in [2.05, 4.69) is 0 Å². The Morgan fingerprint density at radius 2 is 0.833 bits per heavy atom. The van der Waals surface area contributed by atoms with Crippen LogP contribution in [0.1, 0.15) is 60.4 Å². The van der Waals surface area contributed by atoms with Crippen molar-refractivity contribution in [1.82, 2.24) is 9.80 Å². The number of urea groups is 1. The Labute approximate surface area is 245 Å². The third-order valence-corrected chi connectivity index (χ3v) is 8.03. The fraction of sp³-hybridized carbons (Fsp3) is 0.229. The lowest BCUT2D eigenvalue weighted by Gasteiger charge is -2.30. The van der Waals surface area contributed by atoms with Crippen molar-refractivity contribution in [3.8, 4) is 0 Å². The number of amides is 4. The Bertz CT molecular complexity index is 1400. The van der Waals surface area contributed by atoms with E-state index in [1.54, 1.807) is 62.4 Å². The highest BCUT2D eigenvalue weighted by Crippen LogP contribution is 2.47. The molecule has 6 atom stereocenters. The fourth-order valence-corrected chi connectivity index (χ4v) is 5.65. The first-order valence-electron chi connectivity index (χ1n) is 14.1. The summed E-state index contributed by atoms with van der Waals surface area (Å²) < 4.78 is 0. The third kappa shape index (κ3) is 5.49. The van der Waals surface area contributed by atoms with Gasteiger partial charge in [-0.1, -0.05) is 135 Å². The molecule has 4 aromatic carbocycles. The molecule has 4 aromatic rings. The Kier molecular flexibility index (Phi) is 8.61. The molecule has 0 bridgehead atoms. The molecule has 1 aliphatic heterocycles. The van der Waals surface area contributed by atoms with Gasteiger partial charge in [0, 0.05) is 0 Å². The quantitative estimate of drug-likeness (QED) is 0.275. The van der Waals surface area contributed by atoms with E-state index in [0.717, 1.165) is 9.80 Å². The highest BCUT2D eigenvalue weighted by molar-refractivity contribution is 6.06. The van der Waals surface area contributed by atoms with Crippen LogP contribution in [-0.2, 0) is 9.59 Å². The molecule has 1 fully saturated rings. The van der Waals surface area contributed by atoms with Crippen molar-refractivity contribution in [1.29, 1.82) is 0 Å². The molecule has 2 N–H and O–H groups in total. The number of aliphatic hydroxyl groups excluding tert-OH is 2. The predicted molar refractivity (Wildman–Crippen MR) is 159 cm³/mol. The van der Waals surface area contributed by atoms with Gasteiger partial charge >= 0.3 is 6.03 Å². The SMILES string of the molecule is C[C@H](C(=O)N1C(=O)N(C(=O)[C@@H](C)[C@H](O)c2ccccc2)[C@@H](c2ccccc2)[C@H]1c1ccccc1)[C@H](O)c1ccccc1. The van der Waals surface area contributed by atoms with Crippen molar-refractivity contribution in [3.63, 3.8) is 0 Å². The molecular weight excluding hydrogens is 528 g/mol. The summed E-state index contributed by atoms with van der Waals surface area (Å²) in [5, 5.41) is 22.3. The number of benzene rings is 4. The molecule has 0 radical (unpaired) electrons. The lowest BCUT2D eigenvalue weighted by Crippen LogP contribution is -2.44. The molecule has 0 aliphatic carbocycles. The van der Waals surface area contributed by atoms with E-state index in [4.69, 9.17) is 0 Å². The monoisotopic (exact) mass is 562 g/mol. The van der Waals surface area contributed by atoms with Crippen LogP contribution in [0.15, 0.2) is 121 Å². The molecule has 1 heterocycles. The summed E-state index contributed by atoms with van der Waals surface area (Å²) in [6.45, 7) is 3.16. The maximum atomic E-state index is 14.3. The van der Waals surface area contributed by atoms with Crippen LogP contribution in [0.25, 0.3) is 0 Å². The lowest BCUT2D eigenvalue weighted by atomic mass is 9.90. The first-order chi connectivity index (χ1) is 20.3. The number of imide groups is 2. The Morgan fingerprint density at radius 3 is 1.14 bits per heavy atom. The summed E-state index contributed by atoms with van der Waals surface area (Å²) in [4.78, 5) is 44.9. The second kappa shape index (κ2) is 12.5. The van der Waals surface area contributed by atoms with E-state index in [9.17, 15) is 24.6 Å². The summed E-state index contributed by atoms with van der Waals surface area (Å²) in [5.41, 5.74) is 2.43. The van der Waals surface area contributed by atoms with Crippen LogP contribution in [0, 0.1) is 11.8 Å². The maximum Gasteiger partial charge on any atom is 0.334 e. The van der Waals surface area contributed by atoms with Crippen LogP contribution in [0.2, 0.25) is 0 Å². The maximum absolute atomic E-state index is 14.3. The second-order valence-corrected chi connectivity index (χ2v) is 10.7. The molecule has 42 heavy (non-hydrogen) atoms. The van der Waals surface area contributed by atoms with Crippen molar-refractivity contribution < 1.29 is 24.6 Å². The molecule has 0 spiro atoms. The number of rotatable bonds is 8. The molecule has 7 nitrogen and oxygen atoms in total. The van der Waals surface area contributed by atoms with Gasteiger partial charge in [0.15, 0.2) is 0 Å². The number of carbonyl (C=O) groups excluding carboxylic acids is 3. The molecule has 0 aromatic heterocycles. The molecule has 0 saturated carbocycles. The predicted octanol–water partition coefficient (Wildman–Crippen LogP) is 6.00. The van der Waals surface area contributed by atoms with E-state index < -0.39 is 54.0 Å². The summed E-state index contributed by atoms with van der Waals surface area (Å²) >= 11 is 0. The molecule has 5 rings (SSSR count). The minimum atomic E-state index is -1.17. The van der Waals surface area contributed by atoms with E-state index in [0.29, 0.717) is 22.3 Å². The van der Waals surface area contributed by atoms with E-state index in [1.165, 1.54) is 0 Å². The highest BCUT2D eigenvalue weighted by atomic mass is 16.3. The van der Waals surface area contributed by atoms with E-state index >= 15 is 0 Å². The molecule has 4 amide bonds. The normalized spacial score (nSPS) is 19.7. The van der Waals surface area contributed by atoms with Crippen molar-refractivity contribution in [2.24, 2.45) is 11.8 Å². The van der Waals surface area contributed by atoms with Crippen molar-refractivity contribution in [2.75, 3.05) is 0 Å². The average molecular weight is 563 g/mol. The Hall–Kier alpha value is -4.59.